The summed E-state index contributed by atoms with van der Waals surface area (Å²) >= 11 is 0. The third-order valence-electron chi connectivity index (χ3n) is 4.76. The smallest absolute Gasteiger partial charge is 0.267 e. The van der Waals surface area contributed by atoms with Crippen LogP contribution in [0.25, 0.3) is 28.9 Å². The van der Waals surface area contributed by atoms with Gasteiger partial charge in [-0.25, -0.2) is 9.97 Å². The molecule has 0 spiro atoms. The number of hydrogen-bond acceptors (Lipinski definition) is 5. The molecule has 0 unspecified atom stereocenters. The standard InChI is InChI=1S/C25H19N3O3/c1-4-17-7-10-19(11-8-17)28-23(27-24-22(25(28)29)6-5-13-26-24)12-9-18-14-20(30-2)16-21(15-18)31-3/h1,5-16H,2-3H3/b12-9+. The fourth-order valence-corrected chi connectivity index (χ4v) is 3.20. The predicted octanol–water partition coefficient (Wildman–Crippen LogP) is 3.95. The average Bonchev–Trinajstić information content (AvgIpc) is 2.82. The number of pyridine rings is 1. The third-order valence-corrected chi connectivity index (χ3v) is 4.76. The number of aromatic nitrogens is 3. The Hall–Kier alpha value is -4.37. The van der Waals surface area contributed by atoms with Crippen LogP contribution in [0.15, 0.2) is 65.6 Å². The molecule has 0 fully saturated rings. The van der Waals surface area contributed by atoms with E-state index in [1.165, 1.54) is 4.57 Å². The Labute approximate surface area is 179 Å². The van der Waals surface area contributed by atoms with E-state index in [1.807, 2.05) is 18.2 Å². The molecule has 0 saturated carbocycles. The molecule has 6 nitrogen and oxygen atoms in total. The molecule has 0 N–H and O–H groups in total. The van der Waals surface area contributed by atoms with Crippen molar-refractivity contribution >= 4 is 23.2 Å². The molecule has 0 saturated heterocycles. The molecule has 0 radical (unpaired) electrons. The molecule has 4 rings (SSSR count). The first-order valence-electron chi connectivity index (χ1n) is 9.49. The molecule has 0 aliphatic carbocycles. The van der Waals surface area contributed by atoms with E-state index in [9.17, 15) is 4.79 Å². The molecule has 2 heterocycles. The minimum Gasteiger partial charge on any atom is -0.497 e. The summed E-state index contributed by atoms with van der Waals surface area (Å²) in [7, 11) is 3.19. The van der Waals surface area contributed by atoms with Gasteiger partial charge in [-0.1, -0.05) is 12.0 Å². The van der Waals surface area contributed by atoms with Crippen LogP contribution in [0.2, 0.25) is 0 Å². The van der Waals surface area contributed by atoms with Crippen LogP contribution in [-0.2, 0) is 0 Å². The number of methoxy groups -OCH3 is 2. The maximum atomic E-state index is 13.3. The van der Waals surface area contributed by atoms with Crippen molar-refractivity contribution in [3.63, 3.8) is 0 Å². The van der Waals surface area contributed by atoms with Gasteiger partial charge in [0.25, 0.3) is 5.56 Å². The lowest BCUT2D eigenvalue weighted by atomic mass is 10.1. The second kappa shape index (κ2) is 8.56. The van der Waals surface area contributed by atoms with Crippen molar-refractivity contribution < 1.29 is 9.47 Å². The number of rotatable bonds is 5. The van der Waals surface area contributed by atoms with Gasteiger partial charge in [0.15, 0.2) is 5.65 Å². The highest BCUT2D eigenvalue weighted by Gasteiger charge is 2.12. The summed E-state index contributed by atoms with van der Waals surface area (Å²) in [6.45, 7) is 0. The fraction of sp³-hybridized carbons (Fsp3) is 0.0800. The highest BCUT2D eigenvalue weighted by molar-refractivity contribution is 5.77. The Morgan fingerprint density at radius 1 is 1.00 bits per heavy atom. The molecule has 0 bridgehead atoms. The number of terminal acetylenes is 1. The molecule has 152 valence electrons. The first kappa shape index (κ1) is 19.9. The number of nitrogens with zero attached hydrogens (tertiary/aromatic N) is 3. The topological polar surface area (TPSA) is 66.2 Å². The number of benzene rings is 2. The summed E-state index contributed by atoms with van der Waals surface area (Å²) in [5.41, 5.74) is 2.39. The van der Waals surface area contributed by atoms with Crippen molar-refractivity contribution in [2.75, 3.05) is 14.2 Å². The molecule has 4 aromatic rings. The SMILES string of the molecule is C#Cc1ccc(-n2c(/C=C/c3cc(OC)cc(OC)c3)nc3ncccc3c2=O)cc1. The minimum absolute atomic E-state index is 0.213. The van der Waals surface area contributed by atoms with Crippen molar-refractivity contribution in [2.45, 2.75) is 0 Å². The Balaban J connectivity index is 1.89. The van der Waals surface area contributed by atoms with Crippen LogP contribution >= 0.6 is 0 Å². The average molecular weight is 409 g/mol. The van der Waals surface area contributed by atoms with E-state index in [4.69, 9.17) is 15.9 Å². The number of hydrogen-bond donors (Lipinski definition) is 0. The molecule has 31 heavy (non-hydrogen) atoms. The van der Waals surface area contributed by atoms with Gasteiger partial charge >= 0.3 is 0 Å². The molecule has 2 aromatic carbocycles. The van der Waals surface area contributed by atoms with Crippen molar-refractivity contribution in [1.82, 2.24) is 14.5 Å². The fourth-order valence-electron chi connectivity index (χ4n) is 3.20. The summed E-state index contributed by atoms with van der Waals surface area (Å²) in [4.78, 5) is 22.2. The lowest BCUT2D eigenvalue weighted by Crippen LogP contribution is -2.22. The van der Waals surface area contributed by atoms with Crippen molar-refractivity contribution in [2.24, 2.45) is 0 Å². The van der Waals surface area contributed by atoms with Crippen LogP contribution < -0.4 is 15.0 Å². The Morgan fingerprint density at radius 3 is 2.35 bits per heavy atom. The zero-order chi connectivity index (χ0) is 21.8. The van der Waals surface area contributed by atoms with Gasteiger partial charge in [-0.15, -0.1) is 6.42 Å². The van der Waals surface area contributed by atoms with E-state index in [0.717, 1.165) is 11.1 Å². The van der Waals surface area contributed by atoms with Gasteiger partial charge in [-0.3, -0.25) is 9.36 Å². The highest BCUT2D eigenvalue weighted by Crippen LogP contribution is 2.24. The van der Waals surface area contributed by atoms with Gasteiger partial charge in [0.1, 0.15) is 17.3 Å². The van der Waals surface area contributed by atoms with Gasteiger partial charge in [0.05, 0.1) is 25.3 Å². The Bertz CT molecular complexity index is 1360. The van der Waals surface area contributed by atoms with Crippen LogP contribution in [0, 0.1) is 12.3 Å². The largest absolute Gasteiger partial charge is 0.497 e. The molecular formula is C25H19N3O3. The molecule has 6 heteroatoms. The maximum Gasteiger partial charge on any atom is 0.267 e. The second-order valence-electron chi connectivity index (χ2n) is 6.66. The second-order valence-corrected chi connectivity index (χ2v) is 6.66. The van der Waals surface area contributed by atoms with Crippen molar-refractivity contribution in [3.8, 4) is 29.5 Å². The van der Waals surface area contributed by atoms with Crippen LogP contribution in [-0.4, -0.2) is 28.8 Å². The number of fused-ring (bicyclic) bond motifs is 1. The summed E-state index contributed by atoms with van der Waals surface area (Å²) in [6.07, 6.45) is 10.7. The predicted molar refractivity (Wildman–Crippen MR) is 122 cm³/mol. The summed E-state index contributed by atoms with van der Waals surface area (Å²) in [6, 6.07) is 16.1. The molecular weight excluding hydrogens is 390 g/mol. The molecule has 0 amide bonds. The lowest BCUT2D eigenvalue weighted by molar-refractivity contribution is 0.394. The Kier molecular flexibility index (Phi) is 5.50. The van der Waals surface area contributed by atoms with E-state index >= 15 is 0 Å². The van der Waals surface area contributed by atoms with E-state index in [1.54, 1.807) is 69.0 Å². The quantitative estimate of drug-likeness (QED) is 0.467. The van der Waals surface area contributed by atoms with Gasteiger partial charge in [0.2, 0.25) is 0 Å². The van der Waals surface area contributed by atoms with Gasteiger partial charge in [-0.05, 0) is 60.2 Å². The maximum absolute atomic E-state index is 13.3. The normalized spacial score (nSPS) is 10.9. The van der Waals surface area contributed by atoms with E-state index < -0.39 is 0 Å². The van der Waals surface area contributed by atoms with Gasteiger partial charge in [0, 0.05) is 17.8 Å². The van der Waals surface area contributed by atoms with Crippen molar-refractivity contribution in [1.29, 1.82) is 0 Å². The lowest BCUT2D eigenvalue weighted by Gasteiger charge is -2.11. The Morgan fingerprint density at radius 2 is 1.71 bits per heavy atom. The van der Waals surface area contributed by atoms with Gasteiger partial charge in [-0.2, -0.15) is 0 Å². The molecule has 0 aliphatic heterocycles. The molecule has 0 aliphatic rings. The monoisotopic (exact) mass is 409 g/mol. The molecule has 2 aromatic heterocycles. The van der Waals surface area contributed by atoms with Crippen LogP contribution in [0.3, 0.4) is 0 Å². The van der Waals surface area contributed by atoms with E-state index in [2.05, 4.69) is 15.9 Å². The van der Waals surface area contributed by atoms with Crippen molar-refractivity contribution in [3.05, 3.63) is 88.1 Å². The minimum atomic E-state index is -0.213. The summed E-state index contributed by atoms with van der Waals surface area (Å²) in [5.74, 6) is 4.34. The first-order valence-corrected chi connectivity index (χ1v) is 9.49. The zero-order valence-electron chi connectivity index (χ0n) is 17.1. The van der Waals surface area contributed by atoms with Crippen LogP contribution in [0.1, 0.15) is 17.0 Å². The zero-order valence-corrected chi connectivity index (χ0v) is 17.1. The highest BCUT2D eigenvalue weighted by atomic mass is 16.5. The first-order chi connectivity index (χ1) is 15.1. The third kappa shape index (κ3) is 4.02. The molecule has 0 atom stereocenters. The van der Waals surface area contributed by atoms with Crippen LogP contribution in [0.5, 0.6) is 11.5 Å². The van der Waals surface area contributed by atoms with Crippen LogP contribution in [0.4, 0.5) is 0 Å². The van der Waals surface area contributed by atoms with E-state index in [0.29, 0.717) is 34.0 Å². The summed E-state index contributed by atoms with van der Waals surface area (Å²) < 4.78 is 12.2. The summed E-state index contributed by atoms with van der Waals surface area (Å²) in [5, 5.41) is 0.434. The number of ether oxygens (including phenoxy) is 2. The van der Waals surface area contributed by atoms with Gasteiger partial charge < -0.3 is 9.47 Å². The van der Waals surface area contributed by atoms with E-state index in [-0.39, 0.29) is 5.56 Å².